The van der Waals surface area contributed by atoms with Crippen molar-refractivity contribution in [2.45, 2.75) is 51.7 Å². The first kappa shape index (κ1) is 24.9. The highest BCUT2D eigenvalue weighted by molar-refractivity contribution is 9.10. The van der Waals surface area contributed by atoms with Gasteiger partial charge in [0.1, 0.15) is 5.75 Å². The van der Waals surface area contributed by atoms with E-state index in [0.29, 0.717) is 23.6 Å². The number of anilines is 1. The molecule has 1 atom stereocenters. The molecule has 0 spiro atoms. The Labute approximate surface area is 192 Å². The van der Waals surface area contributed by atoms with Gasteiger partial charge in [-0.1, -0.05) is 18.2 Å². The second kappa shape index (κ2) is 10.3. The van der Waals surface area contributed by atoms with Crippen molar-refractivity contribution in [2.24, 2.45) is 0 Å². The molecular formula is C24H30BrNO5. The molecular weight excluding hydrogens is 462 g/mol. The van der Waals surface area contributed by atoms with Gasteiger partial charge in [-0.05, 0) is 92.9 Å². The topological polar surface area (TPSA) is 73.9 Å². The summed E-state index contributed by atoms with van der Waals surface area (Å²) in [5.41, 5.74) is 2.26. The molecule has 1 N–H and O–H groups in total. The van der Waals surface area contributed by atoms with E-state index < -0.39 is 16.1 Å². The van der Waals surface area contributed by atoms with Gasteiger partial charge in [0.25, 0.3) is 5.91 Å². The van der Waals surface area contributed by atoms with E-state index in [9.17, 15) is 9.59 Å². The van der Waals surface area contributed by atoms with Gasteiger partial charge in [-0.15, -0.1) is 0 Å². The Kier molecular flexibility index (Phi) is 8.26. The number of carbonyl (C=O) groups is 2. The third-order valence-electron chi connectivity index (χ3n) is 4.48. The Balaban J connectivity index is 2.25. The minimum atomic E-state index is -1.38. The van der Waals surface area contributed by atoms with E-state index in [1.54, 1.807) is 45.0 Å². The number of esters is 1. The molecule has 31 heavy (non-hydrogen) atoms. The lowest BCUT2D eigenvalue weighted by atomic mass is 10.1. The van der Waals surface area contributed by atoms with Crippen LogP contribution in [0.15, 0.2) is 42.5 Å². The van der Waals surface area contributed by atoms with Gasteiger partial charge in [-0.25, -0.2) is 4.79 Å². The van der Waals surface area contributed by atoms with Crippen LogP contribution >= 0.6 is 15.9 Å². The summed E-state index contributed by atoms with van der Waals surface area (Å²) in [6, 6.07) is 12.7. The van der Waals surface area contributed by atoms with E-state index in [0.717, 1.165) is 11.1 Å². The van der Waals surface area contributed by atoms with E-state index in [1.165, 1.54) is 0 Å². The molecule has 0 saturated carbocycles. The standard InChI is InChI=1S/C24H30BrNO5/c1-7-29-22(28)23(5,6)31-20-11-9-18(10-12-20)24(25,30-8-2)21(27)26-19-14-16(3)13-17(4)15-19/h9-15H,7-8H2,1-6H3,(H,26,27). The fraction of sp³-hybridized carbons (Fsp3) is 0.417. The number of alkyl halides is 1. The third kappa shape index (κ3) is 6.31. The van der Waals surface area contributed by atoms with Crippen LogP contribution in [0.5, 0.6) is 5.75 Å². The number of nitrogens with one attached hydrogen (secondary N) is 1. The van der Waals surface area contributed by atoms with Gasteiger partial charge in [-0.3, -0.25) is 4.79 Å². The van der Waals surface area contributed by atoms with Crippen LogP contribution in [0.1, 0.15) is 44.4 Å². The summed E-state index contributed by atoms with van der Waals surface area (Å²) in [4.78, 5) is 25.2. The number of hydrogen-bond donors (Lipinski definition) is 1. The zero-order chi connectivity index (χ0) is 23.2. The highest BCUT2D eigenvalue weighted by Crippen LogP contribution is 2.36. The number of rotatable bonds is 9. The van der Waals surface area contributed by atoms with Crippen molar-refractivity contribution < 1.29 is 23.8 Å². The molecule has 0 bridgehead atoms. The summed E-state index contributed by atoms with van der Waals surface area (Å²) < 4.78 is 15.3. The molecule has 0 radical (unpaired) electrons. The first-order valence-electron chi connectivity index (χ1n) is 10.2. The largest absolute Gasteiger partial charge is 0.476 e. The molecule has 0 aliphatic carbocycles. The third-order valence-corrected chi connectivity index (χ3v) is 5.53. The van der Waals surface area contributed by atoms with Crippen molar-refractivity contribution >= 4 is 33.5 Å². The van der Waals surface area contributed by atoms with Gasteiger partial charge in [-0.2, -0.15) is 0 Å². The Bertz CT molecular complexity index is 906. The number of benzene rings is 2. The molecule has 1 unspecified atom stereocenters. The number of amides is 1. The maximum absolute atomic E-state index is 13.1. The van der Waals surface area contributed by atoms with Crippen LogP contribution < -0.4 is 10.1 Å². The maximum atomic E-state index is 13.1. The molecule has 2 aromatic rings. The zero-order valence-electron chi connectivity index (χ0n) is 18.9. The lowest BCUT2D eigenvalue weighted by Gasteiger charge is -2.28. The lowest BCUT2D eigenvalue weighted by molar-refractivity contribution is -0.158. The van der Waals surface area contributed by atoms with E-state index in [2.05, 4.69) is 21.2 Å². The number of ether oxygens (including phenoxy) is 3. The van der Waals surface area contributed by atoms with Gasteiger partial charge in [0.05, 0.1) is 6.61 Å². The monoisotopic (exact) mass is 491 g/mol. The molecule has 168 valence electrons. The van der Waals surface area contributed by atoms with Gasteiger partial charge in [0.15, 0.2) is 5.60 Å². The van der Waals surface area contributed by atoms with Crippen molar-refractivity contribution in [3.63, 3.8) is 0 Å². The SMILES string of the molecule is CCOC(=O)C(C)(C)Oc1ccc(C(Br)(OCC)C(=O)Nc2cc(C)cc(C)c2)cc1. The number of aryl methyl sites for hydroxylation is 2. The normalized spacial score (nSPS) is 13.3. The number of hydrogen-bond acceptors (Lipinski definition) is 5. The summed E-state index contributed by atoms with van der Waals surface area (Å²) in [6.45, 7) is 11.4. The van der Waals surface area contributed by atoms with Crippen LogP contribution in [-0.2, 0) is 23.6 Å². The highest BCUT2D eigenvalue weighted by Gasteiger charge is 2.39. The van der Waals surface area contributed by atoms with Crippen molar-refractivity contribution in [3.05, 3.63) is 59.2 Å². The smallest absolute Gasteiger partial charge is 0.349 e. The van der Waals surface area contributed by atoms with E-state index in [4.69, 9.17) is 14.2 Å². The molecule has 7 heteroatoms. The quantitative estimate of drug-likeness (QED) is 0.383. The summed E-state index contributed by atoms with van der Waals surface area (Å²) in [6.07, 6.45) is 0. The number of carbonyl (C=O) groups excluding carboxylic acids is 2. The van der Waals surface area contributed by atoms with Crippen molar-refractivity contribution in [1.82, 2.24) is 0 Å². The Morgan fingerprint density at radius 1 is 0.968 bits per heavy atom. The summed E-state index contributed by atoms with van der Waals surface area (Å²) >= 11 is 3.49. The van der Waals surface area contributed by atoms with Crippen LogP contribution in [0, 0.1) is 13.8 Å². The molecule has 0 fully saturated rings. The fourth-order valence-electron chi connectivity index (χ4n) is 3.12. The van der Waals surface area contributed by atoms with Gasteiger partial charge >= 0.3 is 5.97 Å². The first-order chi connectivity index (χ1) is 14.5. The molecule has 0 heterocycles. The molecule has 0 aliphatic rings. The number of halogens is 1. The molecule has 6 nitrogen and oxygen atoms in total. The van der Waals surface area contributed by atoms with Gasteiger partial charge in [0, 0.05) is 17.9 Å². The fourth-order valence-corrected chi connectivity index (χ4v) is 3.71. The van der Waals surface area contributed by atoms with Crippen LogP contribution in [0.3, 0.4) is 0 Å². The summed E-state index contributed by atoms with van der Waals surface area (Å²) in [5.74, 6) is -0.321. The molecule has 1 amide bonds. The van der Waals surface area contributed by atoms with Crippen molar-refractivity contribution in [3.8, 4) is 5.75 Å². The molecule has 0 aliphatic heterocycles. The lowest BCUT2D eigenvalue weighted by Crippen LogP contribution is -2.40. The predicted molar refractivity (Wildman–Crippen MR) is 125 cm³/mol. The van der Waals surface area contributed by atoms with Crippen molar-refractivity contribution in [2.75, 3.05) is 18.5 Å². The van der Waals surface area contributed by atoms with Crippen LogP contribution in [-0.4, -0.2) is 30.7 Å². The Hall–Kier alpha value is -2.38. The molecule has 0 aromatic heterocycles. The summed E-state index contributed by atoms with van der Waals surface area (Å²) in [5, 5.41) is 2.93. The van der Waals surface area contributed by atoms with Crippen LogP contribution in [0.2, 0.25) is 0 Å². The van der Waals surface area contributed by atoms with E-state index >= 15 is 0 Å². The highest BCUT2D eigenvalue weighted by atomic mass is 79.9. The van der Waals surface area contributed by atoms with E-state index in [1.807, 2.05) is 39.0 Å². The Morgan fingerprint density at radius 2 is 1.55 bits per heavy atom. The van der Waals surface area contributed by atoms with Crippen LogP contribution in [0.4, 0.5) is 5.69 Å². The molecule has 2 aromatic carbocycles. The second-order valence-corrected chi connectivity index (χ2v) is 8.83. The van der Waals surface area contributed by atoms with Gasteiger partial charge < -0.3 is 19.5 Å². The summed E-state index contributed by atoms with van der Waals surface area (Å²) in [7, 11) is 0. The van der Waals surface area contributed by atoms with E-state index in [-0.39, 0.29) is 12.5 Å². The van der Waals surface area contributed by atoms with Crippen molar-refractivity contribution in [1.29, 1.82) is 0 Å². The van der Waals surface area contributed by atoms with Gasteiger partial charge in [0.2, 0.25) is 4.51 Å². The molecule has 0 saturated heterocycles. The second-order valence-electron chi connectivity index (χ2n) is 7.72. The first-order valence-corrected chi connectivity index (χ1v) is 11.0. The average Bonchev–Trinajstić information content (AvgIpc) is 2.67. The minimum Gasteiger partial charge on any atom is -0.476 e. The molecule has 2 rings (SSSR count). The zero-order valence-corrected chi connectivity index (χ0v) is 20.5. The Morgan fingerprint density at radius 3 is 2.06 bits per heavy atom. The average molecular weight is 492 g/mol. The predicted octanol–water partition coefficient (Wildman–Crippen LogP) is 5.25. The minimum absolute atomic E-state index is 0.278. The maximum Gasteiger partial charge on any atom is 0.349 e. The van der Waals surface area contributed by atoms with Crippen LogP contribution in [0.25, 0.3) is 0 Å².